The van der Waals surface area contributed by atoms with E-state index in [4.69, 9.17) is 0 Å². The van der Waals surface area contributed by atoms with E-state index >= 15 is 0 Å². The highest BCUT2D eigenvalue weighted by Gasteiger charge is 2.17. The quantitative estimate of drug-likeness (QED) is 0.635. The Morgan fingerprint density at radius 2 is 2.43 bits per heavy atom. The van der Waals surface area contributed by atoms with Gasteiger partial charge in [-0.2, -0.15) is 11.8 Å². The molecule has 1 N–H and O–H groups in total. The second-order valence-corrected chi connectivity index (χ2v) is 5.21. The standard InChI is InChI=1S/C9H12N2OS2/c1-2-3-14-9-10-7-5-13-4-6(7)8(12)11-9/h2-5H2,1H3,(H,10,11,12). The molecule has 76 valence electrons. The molecule has 5 heteroatoms. The van der Waals surface area contributed by atoms with Crippen molar-refractivity contribution < 1.29 is 0 Å². The normalized spacial score (nSPS) is 14.4. The molecule has 0 radical (unpaired) electrons. The van der Waals surface area contributed by atoms with Gasteiger partial charge >= 0.3 is 0 Å². The highest BCUT2D eigenvalue weighted by Crippen LogP contribution is 2.26. The molecule has 0 saturated heterocycles. The number of fused-ring (bicyclic) bond motifs is 1. The summed E-state index contributed by atoms with van der Waals surface area (Å²) in [7, 11) is 0. The minimum atomic E-state index is 0.0543. The van der Waals surface area contributed by atoms with E-state index in [1.165, 1.54) is 0 Å². The number of rotatable bonds is 3. The van der Waals surface area contributed by atoms with Crippen LogP contribution in [0.25, 0.3) is 0 Å². The number of aromatic nitrogens is 2. The molecule has 1 aliphatic rings. The zero-order chi connectivity index (χ0) is 9.97. The molecule has 0 saturated carbocycles. The fourth-order valence-electron chi connectivity index (χ4n) is 1.31. The van der Waals surface area contributed by atoms with E-state index in [9.17, 15) is 4.79 Å². The van der Waals surface area contributed by atoms with Crippen LogP contribution in [0.1, 0.15) is 24.6 Å². The molecule has 1 aromatic rings. The average molecular weight is 228 g/mol. The number of nitrogens with zero attached hydrogens (tertiary/aromatic N) is 1. The molecule has 1 aliphatic heterocycles. The van der Waals surface area contributed by atoms with Crippen molar-refractivity contribution in [3.63, 3.8) is 0 Å². The van der Waals surface area contributed by atoms with Crippen molar-refractivity contribution >= 4 is 23.5 Å². The van der Waals surface area contributed by atoms with Crippen LogP contribution in [0.4, 0.5) is 0 Å². The lowest BCUT2D eigenvalue weighted by molar-refractivity contribution is 0.883. The van der Waals surface area contributed by atoms with Crippen LogP contribution in [0.2, 0.25) is 0 Å². The van der Waals surface area contributed by atoms with Gasteiger partial charge in [0.2, 0.25) is 0 Å². The van der Waals surface area contributed by atoms with Gasteiger partial charge in [-0.05, 0) is 6.42 Å². The SMILES string of the molecule is CCCSc1nc2c(c(=O)[nH]1)CSC2. The molecular weight excluding hydrogens is 216 g/mol. The van der Waals surface area contributed by atoms with Gasteiger partial charge in [-0.25, -0.2) is 4.98 Å². The Hall–Kier alpha value is -0.420. The van der Waals surface area contributed by atoms with Gasteiger partial charge in [-0.1, -0.05) is 18.7 Å². The molecule has 0 atom stereocenters. The Morgan fingerprint density at radius 3 is 3.21 bits per heavy atom. The second-order valence-electron chi connectivity index (χ2n) is 3.14. The number of H-pyrrole nitrogens is 1. The molecule has 0 spiro atoms. The largest absolute Gasteiger partial charge is 0.301 e. The Morgan fingerprint density at radius 1 is 1.57 bits per heavy atom. The first kappa shape index (κ1) is 10.1. The van der Waals surface area contributed by atoms with Gasteiger partial charge in [-0.15, -0.1) is 0 Å². The maximum Gasteiger partial charge on any atom is 0.255 e. The minimum absolute atomic E-state index is 0.0543. The summed E-state index contributed by atoms with van der Waals surface area (Å²) in [5.74, 6) is 2.71. The highest BCUT2D eigenvalue weighted by atomic mass is 32.2. The number of thioether (sulfide) groups is 2. The molecule has 1 aromatic heterocycles. The van der Waals surface area contributed by atoms with Gasteiger partial charge in [0.1, 0.15) is 0 Å². The van der Waals surface area contributed by atoms with Crippen LogP contribution in [-0.4, -0.2) is 15.7 Å². The molecule has 2 heterocycles. The van der Waals surface area contributed by atoms with Gasteiger partial charge in [0.15, 0.2) is 5.16 Å². The summed E-state index contributed by atoms with van der Waals surface area (Å²) < 4.78 is 0. The van der Waals surface area contributed by atoms with Gasteiger partial charge in [0.25, 0.3) is 5.56 Å². The number of hydrogen-bond donors (Lipinski definition) is 1. The molecule has 0 aromatic carbocycles. The van der Waals surface area contributed by atoms with Crippen molar-refractivity contribution in [2.24, 2.45) is 0 Å². The first-order chi connectivity index (χ1) is 6.81. The van der Waals surface area contributed by atoms with Crippen molar-refractivity contribution in [3.05, 3.63) is 21.6 Å². The van der Waals surface area contributed by atoms with E-state index in [2.05, 4.69) is 16.9 Å². The van der Waals surface area contributed by atoms with Gasteiger partial charge in [0.05, 0.1) is 5.69 Å². The van der Waals surface area contributed by atoms with Crippen molar-refractivity contribution in [2.45, 2.75) is 30.0 Å². The highest BCUT2D eigenvalue weighted by molar-refractivity contribution is 7.99. The maximum absolute atomic E-state index is 11.6. The maximum atomic E-state index is 11.6. The summed E-state index contributed by atoms with van der Waals surface area (Å²) in [6.07, 6.45) is 1.10. The Bertz CT molecular complexity index is 389. The minimum Gasteiger partial charge on any atom is -0.301 e. The van der Waals surface area contributed by atoms with Crippen LogP contribution in [0.5, 0.6) is 0 Å². The summed E-state index contributed by atoms with van der Waals surface area (Å²) >= 11 is 3.38. The van der Waals surface area contributed by atoms with Crippen molar-refractivity contribution in [1.29, 1.82) is 0 Å². The fourth-order valence-corrected chi connectivity index (χ4v) is 3.08. The van der Waals surface area contributed by atoms with Gasteiger partial charge < -0.3 is 4.98 Å². The molecule has 0 fully saturated rings. The monoisotopic (exact) mass is 228 g/mol. The smallest absolute Gasteiger partial charge is 0.255 e. The first-order valence-corrected chi connectivity index (χ1v) is 6.78. The lowest BCUT2D eigenvalue weighted by Gasteiger charge is -2.01. The van der Waals surface area contributed by atoms with E-state index in [0.29, 0.717) is 0 Å². The van der Waals surface area contributed by atoms with Gasteiger partial charge in [0, 0.05) is 22.8 Å². The van der Waals surface area contributed by atoms with Crippen LogP contribution in [0.15, 0.2) is 9.95 Å². The Kier molecular flexibility index (Phi) is 3.18. The summed E-state index contributed by atoms with van der Waals surface area (Å²) in [6.45, 7) is 2.12. The van der Waals surface area contributed by atoms with E-state index in [1.807, 2.05) is 0 Å². The predicted octanol–water partition coefficient (Wildman–Crippen LogP) is 2.02. The molecule has 14 heavy (non-hydrogen) atoms. The van der Waals surface area contributed by atoms with Gasteiger partial charge in [-0.3, -0.25) is 4.79 Å². The van der Waals surface area contributed by atoms with Crippen molar-refractivity contribution in [1.82, 2.24) is 9.97 Å². The fraction of sp³-hybridized carbons (Fsp3) is 0.556. The zero-order valence-electron chi connectivity index (χ0n) is 8.00. The number of aromatic amines is 1. The zero-order valence-corrected chi connectivity index (χ0v) is 9.63. The third-order valence-corrected chi connectivity index (χ3v) is 4.06. The molecule has 3 nitrogen and oxygen atoms in total. The van der Waals surface area contributed by atoms with E-state index in [-0.39, 0.29) is 5.56 Å². The van der Waals surface area contributed by atoms with Crippen LogP contribution >= 0.6 is 23.5 Å². The lowest BCUT2D eigenvalue weighted by Crippen LogP contribution is -2.14. The van der Waals surface area contributed by atoms with E-state index in [0.717, 1.165) is 40.1 Å². The van der Waals surface area contributed by atoms with E-state index in [1.54, 1.807) is 23.5 Å². The second kappa shape index (κ2) is 4.40. The van der Waals surface area contributed by atoms with Crippen LogP contribution < -0.4 is 5.56 Å². The summed E-state index contributed by atoms with van der Waals surface area (Å²) in [5, 5.41) is 0.776. The third kappa shape index (κ3) is 1.98. The summed E-state index contributed by atoms with van der Waals surface area (Å²) in [5.41, 5.74) is 1.91. The summed E-state index contributed by atoms with van der Waals surface area (Å²) in [6, 6.07) is 0. The molecule has 0 amide bonds. The van der Waals surface area contributed by atoms with Crippen LogP contribution in [0.3, 0.4) is 0 Å². The van der Waals surface area contributed by atoms with Crippen molar-refractivity contribution in [3.8, 4) is 0 Å². The van der Waals surface area contributed by atoms with Crippen LogP contribution in [-0.2, 0) is 11.5 Å². The molecule has 2 rings (SSSR count). The number of nitrogens with one attached hydrogen (secondary N) is 1. The number of hydrogen-bond acceptors (Lipinski definition) is 4. The summed E-state index contributed by atoms with van der Waals surface area (Å²) in [4.78, 5) is 18.8. The Balaban J connectivity index is 2.28. The van der Waals surface area contributed by atoms with Crippen molar-refractivity contribution in [2.75, 3.05) is 5.75 Å². The topological polar surface area (TPSA) is 45.8 Å². The predicted molar refractivity (Wildman–Crippen MR) is 60.9 cm³/mol. The Labute approximate surface area is 91.1 Å². The average Bonchev–Trinajstić information content (AvgIpc) is 2.63. The van der Waals surface area contributed by atoms with Crippen LogP contribution in [0, 0.1) is 0 Å². The molecule has 0 aliphatic carbocycles. The molecule has 0 bridgehead atoms. The van der Waals surface area contributed by atoms with E-state index < -0.39 is 0 Å². The first-order valence-electron chi connectivity index (χ1n) is 4.64. The lowest BCUT2D eigenvalue weighted by atomic mass is 10.3. The third-order valence-electron chi connectivity index (χ3n) is 2.01. The molecule has 0 unspecified atom stereocenters. The molecular formula is C9H12N2OS2.